The van der Waals surface area contributed by atoms with Crippen LogP contribution in [-0.2, 0) is 6.42 Å². The lowest BCUT2D eigenvalue weighted by molar-refractivity contribution is 0.418. The number of halogens is 3. The van der Waals surface area contributed by atoms with Crippen molar-refractivity contribution in [3.8, 4) is 5.82 Å². The summed E-state index contributed by atoms with van der Waals surface area (Å²) >= 11 is 0. The lowest BCUT2D eigenvalue weighted by Gasteiger charge is -2.10. The molecule has 0 saturated carbocycles. The number of hydrogen-bond acceptors (Lipinski definition) is 2. The molecule has 2 heterocycles. The van der Waals surface area contributed by atoms with E-state index in [1.165, 1.54) is 18.3 Å². The Balaban J connectivity index is 2.59. The van der Waals surface area contributed by atoms with Gasteiger partial charge in [-0.15, -0.1) is 0 Å². The van der Waals surface area contributed by atoms with E-state index in [0.717, 1.165) is 10.6 Å². The molecule has 0 saturated heterocycles. The summed E-state index contributed by atoms with van der Waals surface area (Å²) in [5.41, 5.74) is -0.679. The molecule has 0 radical (unpaired) electrons. The summed E-state index contributed by atoms with van der Waals surface area (Å²) in [6.07, 6.45) is 0.0482. The topological polar surface area (TPSA) is 34.9 Å². The number of rotatable bonds is 3. The van der Waals surface area contributed by atoms with Crippen molar-refractivity contribution in [2.75, 3.05) is 0 Å². The van der Waals surface area contributed by atoms with Crippen LogP contribution < -0.4 is 5.56 Å². The van der Waals surface area contributed by atoms with Crippen LogP contribution in [-0.4, -0.2) is 9.55 Å². The summed E-state index contributed by atoms with van der Waals surface area (Å²) in [6.45, 7) is 0. The fraction of sp³-hybridized carbons (Fsp3) is 0.0769. The molecule has 98 valence electrons. The molecule has 3 nitrogen and oxygen atoms in total. The number of nitrogens with zero attached hydrogens (tertiary/aromatic N) is 2. The molecular weight excluding hydrogens is 257 g/mol. The predicted octanol–water partition coefficient (Wildman–Crippen LogP) is 2.69. The third kappa shape index (κ3) is 2.90. The first-order chi connectivity index (χ1) is 9.09. The lowest BCUT2D eigenvalue weighted by atomic mass is 10.2. The van der Waals surface area contributed by atoms with Crippen molar-refractivity contribution >= 4 is 0 Å². The van der Waals surface area contributed by atoms with E-state index >= 15 is 0 Å². The third-order valence-corrected chi connectivity index (χ3v) is 2.46. The molecule has 0 spiro atoms. The van der Waals surface area contributed by atoms with E-state index in [1.807, 2.05) is 0 Å². The van der Waals surface area contributed by atoms with Crippen LogP contribution >= 0.6 is 0 Å². The first-order valence-corrected chi connectivity index (χ1v) is 5.42. The minimum Gasteiger partial charge on any atom is -0.266 e. The standard InChI is InChI=1S/C13H9F3N2O/c14-10-6-4-9(5-7-11(15)16)18(13(10)19)12-3-1-2-8-17-12/h1-4,6-8H,5H2. The lowest BCUT2D eigenvalue weighted by Crippen LogP contribution is -2.25. The van der Waals surface area contributed by atoms with Gasteiger partial charge in [-0.1, -0.05) is 6.07 Å². The molecule has 0 atom stereocenters. The second-order valence-corrected chi connectivity index (χ2v) is 3.70. The molecule has 6 heteroatoms. The maximum Gasteiger partial charge on any atom is 0.292 e. The van der Waals surface area contributed by atoms with Gasteiger partial charge in [-0.2, -0.15) is 8.78 Å². The molecule has 0 fully saturated rings. The van der Waals surface area contributed by atoms with Crippen LogP contribution in [0.2, 0.25) is 0 Å². The molecule has 0 bridgehead atoms. The van der Waals surface area contributed by atoms with Crippen LogP contribution in [0.15, 0.2) is 53.5 Å². The summed E-state index contributed by atoms with van der Waals surface area (Å²) < 4.78 is 38.5. The van der Waals surface area contributed by atoms with Crippen LogP contribution in [0.25, 0.3) is 5.82 Å². The van der Waals surface area contributed by atoms with Gasteiger partial charge in [-0.05, 0) is 30.3 Å². The second-order valence-electron chi connectivity index (χ2n) is 3.70. The largest absolute Gasteiger partial charge is 0.292 e. The summed E-state index contributed by atoms with van der Waals surface area (Å²) in [7, 11) is 0. The summed E-state index contributed by atoms with van der Waals surface area (Å²) in [5.74, 6) is -0.770. The molecule has 2 aromatic rings. The van der Waals surface area contributed by atoms with E-state index in [0.29, 0.717) is 6.08 Å². The molecule has 0 aromatic carbocycles. The van der Waals surface area contributed by atoms with E-state index in [2.05, 4.69) is 4.98 Å². The normalized spacial score (nSPS) is 10.3. The molecule has 0 unspecified atom stereocenters. The van der Waals surface area contributed by atoms with E-state index in [-0.39, 0.29) is 17.9 Å². The van der Waals surface area contributed by atoms with Crippen molar-refractivity contribution in [1.29, 1.82) is 0 Å². The van der Waals surface area contributed by atoms with Crippen molar-refractivity contribution in [2.45, 2.75) is 6.42 Å². The van der Waals surface area contributed by atoms with Crippen molar-refractivity contribution in [3.63, 3.8) is 0 Å². The van der Waals surface area contributed by atoms with Gasteiger partial charge in [0.2, 0.25) is 0 Å². The molecule has 0 N–H and O–H groups in total. The van der Waals surface area contributed by atoms with Crippen LogP contribution in [0.4, 0.5) is 13.2 Å². The van der Waals surface area contributed by atoms with E-state index in [4.69, 9.17) is 0 Å². The molecule has 0 aliphatic rings. The van der Waals surface area contributed by atoms with Crippen LogP contribution in [0.5, 0.6) is 0 Å². The summed E-state index contributed by atoms with van der Waals surface area (Å²) in [6, 6.07) is 7.00. The number of aromatic nitrogens is 2. The highest BCUT2D eigenvalue weighted by Crippen LogP contribution is 2.09. The minimum absolute atomic E-state index is 0.186. The first-order valence-electron chi connectivity index (χ1n) is 5.42. The Bertz CT molecular complexity index is 661. The van der Waals surface area contributed by atoms with Gasteiger partial charge in [-0.3, -0.25) is 9.36 Å². The third-order valence-electron chi connectivity index (χ3n) is 2.46. The van der Waals surface area contributed by atoms with Gasteiger partial charge in [0, 0.05) is 18.3 Å². The Labute approximate surface area is 106 Å². The number of pyridine rings is 2. The Morgan fingerprint density at radius 3 is 2.68 bits per heavy atom. The van der Waals surface area contributed by atoms with Gasteiger partial charge in [0.1, 0.15) is 5.82 Å². The van der Waals surface area contributed by atoms with Gasteiger partial charge < -0.3 is 0 Å². The SMILES string of the molecule is O=c1c(F)ccc(CC=C(F)F)n1-c1ccccn1. The minimum atomic E-state index is -1.86. The highest BCUT2D eigenvalue weighted by atomic mass is 19.3. The maximum absolute atomic E-state index is 13.3. The molecule has 0 aliphatic carbocycles. The van der Waals surface area contributed by atoms with Gasteiger partial charge in [-0.25, -0.2) is 9.37 Å². The number of hydrogen-bond donors (Lipinski definition) is 0. The average molecular weight is 266 g/mol. The summed E-state index contributed by atoms with van der Waals surface area (Å²) in [5, 5.41) is 0. The van der Waals surface area contributed by atoms with Crippen molar-refractivity contribution in [1.82, 2.24) is 9.55 Å². The average Bonchev–Trinajstić information content (AvgIpc) is 2.41. The van der Waals surface area contributed by atoms with Gasteiger partial charge >= 0.3 is 0 Å². The van der Waals surface area contributed by atoms with Crippen LogP contribution in [0.3, 0.4) is 0 Å². The fourth-order valence-corrected chi connectivity index (χ4v) is 1.63. The van der Waals surface area contributed by atoms with Gasteiger partial charge in [0.05, 0.1) is 0 Å². The van der Waals surface area contributed by atoms with Crippen LogP contribution in [0.1, 0.15) is 5.69 Å². The zero-order chi connectivity index (χ0) is 13.8. The first kappa shape index (κ1) is 13.1. The van der Waals surface area contributed by atoms with Gasteiger partial charge in [0.15, 0.2) is 5.82 Å². The smallest absolute Gasteiger partial charge is 0.266 e. The zero-order valence-corrected chi connectivity index (χ0v) is 9.69. The highest BCUT2D eigenvalue weighted by molar-refractivity contribution is 5.27. The quantitative estimate of drug-likeness (QED) is 0.856. The zero-order valence-electron chi connectivity index (χ0n) is 9.69. The van der Waals surface area contributed by atoms with E-state index < -0.39 is 17.5 Å². The van der Waals surface area contributed by atoms with Crippen molar-refractivity contribution in [3.05, 3.63) is 70.6 Å². The maximum atomic E-state index is 13.3. The van der Waals surface area contributed by atoms with E-state index in [1.54, 1.807) is 12.1 Å². The monoisotopic (exact) mass is 266 g/mol. The number of allylic oxidation sites excluding steroid dienone is 1. The molecule has 2 aromatic heterocycles. The molecule has 0 amide bonds. The van der Waals surface area contributed by atoms with Gasteiger partial charge in [0.25, 0.3) is 11.6 Å². The Kier molecular flexibility index (Phi) is 3.79. The Morgan fingerprint density at radius 2 is 2.05 bits per heavy atom. The van der Waals surface area contributed by atoms with Crippen molar-refractivity contribution in [2.24, 2.45) is 0 Å². The fourth-order valence-electron chi connectivity index (χ4n) is 1.63. The molecule has 2 rings (SSSR count). The van der Waals surface area contributed by atoms with Crippen molar-refractivity contribution < 1.29 is 13.2 Å². The Hall–Kier alpha value is -2.37. The molecular formula is C13H9F3N2O. The predicted molar refractivity (Wildman–Crippen MR) is 63.8 cm³/mol. The molecule has 19 heavy (non-hydrogen) atoms. The van der Waals surface area contributed by atoms with E-state index in [9.17, 15) is 18.0 Å². The highest BCUT2D eigenvalue weighted by Gasteiger charge is 2.10. The van der Waals surface area contributed by atoms with Crippen LogP contribution in [0, 0.1) is 5.82 Å². The second kappa shape index (κ2) is 5.51. The molecule has 0 aliphatic heterocycles. The Morgan fingerprint density at radius 1 is 1.26 bits per heavy atom. The summed E-state index contributed by atoms with van der Waals surface area (Å²) in [4.78, 5) is 15.7.